The van der Waals surface area contributed by atoms with E-state index in [0.717, 1.165) is 16.8 Å². The fourth-order valence-corrected chi connectivity index (χ4v) is 5.14. The zero-order chi connectivity index (χ0) is 28.8. The number of aliphatic carboxylic acids is 1. The highest BCUT2D eigenvalue weighted by Gasteiger charge is 2.39. The number of carboxylic acids is 1. The molecule has 0 aliphatic carbocycles. The van der Waals surface area contributed by atoms with Crippen molar-refractivity contribution in [2.24, 2.45) is 5.92 Å². The lowest BCUT2D eigenvalue weighted by atomic mass is 9.95. The molecular weight excluding hydrogens is 521 g/mol. The second-order valence-corrected chi connectivity index (χ2v) is 10.1. The van der Waals surface area contributed by atoms with Crippen LogP contribution < -0.4 is 5.32 Å². The molecule has 4 aromatic rings. The molecule has 204 valence electrons. The molecule has 0 radical (unpaired) electrons. The lowest BCUT2D eigenvalue weighted by Crippen LogP contribution is -2.44. The van der Waals surface area contributed by atoms with Crippen molar-refractivity contribution in [3.63, 3.8) is 0 Å². The number of rotatable bonds is 6. The van der Waals surface area contributed by atoms with Crippen molar-refractivity contribution in [3.8, 4) is 11.1 Å². The van der Waals surface area contributed by atoms with E-state index in [1.807, 2.05) is 24.3 Å². The molecule has 0 saturated carbocycles. The van der Waals surface area contributed by atoms with Crippen molar-refractivity contribution in [2.75, 3.05) is 5.32 Å². The van der Waals surface area contributed by atoms with Crippen LogP contribution in [0.4, 0.5) is 18.9 Å². The van der Waals surface area contributed by atoms with Crippen LogP contribution in [-0.2, 0) is 17.5 Å². The predicted octanol–water partition coefficient (Wildman–Crippen LogP) is 6.84. The number of anilines is 1. The Labute approximate surface area is 228 Å². The summed E-state index contributed by atoms with van der Waals surface area (Å²) in [6, 6.07) is 19.3. The van der Waals surface area contributed by atoms with E-state index in [1.165, 1.54) is 29.2 Å². The summed E-state index contributed by atoms with van der Waals surface area (Å²) in [4.78, 5) is 38.9. The van der Waals surface area contributed by atoms with E-state index in [1.54, 1.807) is 38.1 Å². The number of hydrogen-bond acceptors (Lipinski definition) is 3. The predicted molar refractivity (Wildman–Crippen MR) is 145 cm³/mol. The van der Waals surface area contributed by atoms with Gasteiger partial charge in [-0.2, -0.15) is 13.2 Å². The second-order valence-electron chi connectivity index (χ2n) is 10.1. The van der Waals surface area contributed by atoms with Gasteiger partial charge in [0.25, 0.3) is 11.8 Å². The molecule has 5 rings (SSSR count). The quantitative estimate of drug-likeness (QED) is 0.277. The first kappa shape index (κ1) is 26.9. The summed E-state index contributed by atoms with van der Waals surface area (Å²) in [6.07, 6.45) is -4.75. The largest absolute Gasteiger partial charge is 0.480 e. The van der Waals surface area contributed by atoms with Crippen molar-refractivity contribution in [3.05, 3.63) is 101 Å². The monoisotopic (exact) mass is 546 g/mol. The molecule has 1 aliphatic heterocycles. The summed E-state index contributed by atoms with van der Waals surface area (Å²) >= 11 is 0. The second kappa shape index (κ2) is 10.1. The molecule has 0 saturated heterocycles. The van der Waals surface area contributed by atoms with Crippen LogP contribution in [0.3, 0.4) is 0 Å². The number of amides is 2. The van der Waals surface area contributed by atoms with Crippen LogP contribution >= 0.6 is 0 Å². The third-order valence-corrected chi connectivity index (χ3v) is 7.07. The normalized spacial score (nSPS) is 13.9. The van der Waals surface area contributed by atoms with E-state index in [-0.39, 0.29) is 34.8 Å². The molecule has 2 N–H and O–H groups in total. The maximum Gasteiger partial charge on any atom is 0.417 e. The third-order valence-electron chi connectivity index (χ3n) is 7.07. The van der Waals surface area contributed by atoms with E-state index in [2.05, 4.69) is 5.32 Å². The van der Waals surface area contributed by atoms with Crippen molar-refractivity contribution in [1.82, 2.24) is 4.90 Å². The van der Waals surface area contributed by atoms with Gasteiger partial charge in [-0.05, 0) is 63.7 Å². The van der Waals surface area contributed by atoms with Crippen LogP contribution in [0.1, 0.15) is 45.7 Å². The average molecular weight is 547 g/mol. The molecule has 1 atom stereocenters. The molecule has 0 unspecified atom stereocenters. The van der Waals surface area contributed by atoms with Gasteiger partial charge in [0.2, 0.25) is 0 Å². The fourth-order valence-electron chi connectivity index (χ4n) is 5.14. The maximum absolute atomic E-state index is 14.2. The summed E-state index contributed by atoms with van der Waals surface area (Å²) in [5.41, 5.74) is 0.0170. The standard InChI is InChI=1S/C31H25F3N2O4/c1-17(2)27(30(39)40)36-16-22-10-8-20(14-25(22)29(36)38)24-12-11-23(15-26(24)31(32,33)34)35-28(37)21-9-7-18-5-3-4-6-19(18)13-21/h3-15,17,27H,16H2,1-2H3,(H,35,37)(H,39,40)/t27-/m0/s1. The molecule has 0 bridgehead atoms. The topological polar surface area (TPSA) is 86.7 Å². The number of alkyl halides is 3. The lowest BCUT2D eigenvalue weighted by Gasteiger charge is -2.27. The van der Waals surface area contributed by atoms with E-state index in [4.69, 9.17) is 0 Å². The molecule has 9 heteroatoms. The number of benzene rings is 4. The number of nitrogens with zero attached hydrogens (tertiary/aromatic N) is 1. The smallest absolute Gasteiger partial charge is 0.417 e. The highest BCUT2D eigenvalue weighted by atomic mass is 19.4. The minimum absolute atomic E-state index is 0.0288. The van der Waals surface area contributed by atoms with Crippen LogP contribution in [0.15, 0.2) is 78.9 Å². The lowest BCUT2D eigenvalue weighted by molar-refractivity contribution is -0.144. The van der Waals surface area contributed by atoms with Gasteiger partial charge in [0.15, 0.2) is 0 Å². The van der Waals surface area contributed by atoms with Crippen LogP contribution in [0, 0.1) is 5.92 Å². The van der Waals surface area contributed by atoms with Gasteiger partial charge >= 0.3 is 12.1 Å². The van der Waals surface area contributed by atoms with Gasteiger partial charge in [-0.1, -0.05) is 62.4 Å². The number of nitrogens with one attached hydrogen (secondary N) is 1. The molecule has 0 spiro atoms. The number of hydrogen-bond donors (Lipinski definition) is 2. The van der Waals surface area contributed by atoms with Crippen LogP contribution in [0.2, 0.25) is 0 Å². The van der Waals surface area contributed by atoms with Crippen LogP contribution in [-0.4, -0.2) is 33.8 Å². The average Bonchev–Trinajstić information content (AvgIpc) is 3.22. The first-order valence-electron chi connectivity index (χ1n) is 12.6. The van der Waals surface area contributed by atoms with Gasteiger partial charge in [-0.25, -0.2) is 4.79 Å². The Morgan fingerprint density at radius 3 is 2.30 bits per heavy atom. The van der Waals surface area contributed by atoms with Crippen molar-refractivity contribution >= 4 is 34.2 Å². The summed E-state index contributed by atoms with van der Waals surface area (Å²) < 4.78 is 42.6. The Bertz CT molecular complexity index is 1660. The number of fused-ring (bicyclic) bond motifs is 2. The Morgan fingerprint density at radius 2 is 1.62 bits per heavy atom. The zero-order valence-corrected chi connectivity index (χ0v) is 21.6. The van der Waals surface area contributed by atoms with Crippen molar-refractivity contribution < 1.29 is 32.7 Å². The van der Waals surface area contributed by atoms with Gasteiger partial charge in [0.1, 0.15) is 6.04 Å². The summed E-state index contributed by atoms with van der Waals surface area (Å²) in [5.74, 6) is -2.58. The molecule has 1 aliphatic rings. The van der Waals surface area contributed by atoms with Crippen LogP contribution in [0.25, 0.3) is 21.9 Å². The van der Waals surface area contributed by atoms with Crippen molar-refractivity contribution in [2.45, 2.75) is 32.6 Å². The molecule has 1 heterocycles. The summed E-state index contributed by atoms with van der Waals surface area (Å²) in [7, 11) is 0. The summed E-state index contributed by atoms with van der Waals surface area (Å²) in [5, 5.41) is 13.9. The molecule has 2 amide bonds. The zero-order valence-electron chi connectivity index (χ0n) is 21.6. The third kappa shape index (κ3) is 5.02. The first-order chi connectivity index (χ1) is 18.9. The Kier molecular flexibility index (Phi) is 6.83. The Hall–Kier alpha value is -4.66. The SMILES string of the molecule is CC(C)[C@@H](C(=O)O)N1Cc2ccc(-c3ccc(NC(=O)c4ccc5ccccc5c4)cc3C(F)(F)F)cc2C1=O. The highest BCUT2D eigenvalue weighted by Crippen LogP contribution is 2.40. The number of halogens is 3. The Morgan fingerprint density at radius 1 is 0.900 bits per heavy atom. The molecule has 4 aromatic carbocycles. The van der Waals surface area contributed by atoms with E-state index in [0.29, 0.717) is 11.1 Å². The maximum atomic E-state index is 14.2. The number of carboxylic acid groups (broad SMARTS) is 1. The minimum Gasteiger partial charge on any atom is -0.480 e. The number of carbonyl (C=O) groups is 3. The van der Waals surface area contributed by atoms with Crippen LogP contribution in [0.5, 0.6) is 0 Å². The molecule has 0 aromatic heterocycles. The first-order valence-corrected chi connectivity index (χ1v) is 12.6. The van der Waals surface area contributed by atoms with Gasteiger partial charge in [-0.15, -0.1) is 0 Å². The Balaban J connectivity index is 1.46. The van der Waals surface area contributed by atoms with Gasteiger partial charge in [-0.3, -0.25) is 9.59 Å². The van der Waals surface area contributed by atoms with E-state index >= 15 is 0 Å². The van der Waals surface area contributed by atoms with Crippen molar-refractivity contribution in [1.29, 1.82) is 0 Å². The van der Waals surface area contributed by atoms with Gasteiger partial charge in [0.05, 0.1) is 5.56 Å². The highest BCUT2D eigenvalue weighted by molar-refractivity contribution is 6.06. The molecule has 0 fully saturated rings. The summed E-state index contributed by atoms with van der Waals surface area (Å²) in [6.45, 7) is 3.45. The molecular formula is C31H25F3N2O4. The minimum atomic E-state index is -4.75. The molecule has 6 nitrogen and oxygen atoms in total. The van der Waals surface area contributed by atoms with Gasteiger partial charge in [0, 0.05) is 23.4 Å². The van der Waals surface area contributed by atoms with E-state index < -0.39 is 35.6 Å². The fraction of sp³-hybridized carbons (Fsp3) is 0.194. The number of carbonyl (C=O) groups excluding carboxylic acids is 2. The molecule has 40 heavy (non-hydrogen) atoms. The van der Waals surface area contributed by atoms with E-state index in [9.17, 15) is 32.7 Å². The van der Waals surface area contributed by atoms with Gasteiger partial charge < -0.3 is 15.3 Å².